The zero-order valence-corrected chi connectivity index (χ0v) is 10.2. The van der Waals surface area contributed by atoms with Gasteiger partial charge >= 0.3 is 5.97 Å². The molecule has 16 heavy (non-hydrogen) atoms. The van der Waals surface area contributed by atoms with Crippen LogP contribution in [0.15, 0.2) is 22.7 Å². The zero-order valence-electron chi connectivity index (χ0n) is 8.62. The van der Waals surface area contributed by atoms with Crippen LogP contribution in [0.2, 0.25) is 0 Å². The van der Waals surface area contributed by atoms with Crippen molar-refractivity contribution in [2.45, 2.75) is 13.3 Å². The summed E-state index contributed by atoms with van der Waals surface area (Å²) in [5.41, 5.74) is 0.334. The molecule has 0 N–H and O–H groups in total. The Kier molecular flexibility index (Phi) is 4.74. The van der Waals surface area contributed by atoms with E-state index in [9.17, 15) is 9.59 Å². The largest absolute Gasteiger partial charge is 0.425 e. The van der Waals surface area contributed by atoms with Crippen molar-refractivity contribution in [1.82, 2.24) is 0 Å². The van der Waals surface area contributed by atoms with Crippen molar-refractivity contribution in [3.63, 3.8) is 0 Å². The molecule has 1 aromatic rings. The van der Waals surface area contributed by atoms with Crippen LogP contribution in [0.3, 0.4) is 0 Å². The molecular weight excluding hydrogens is 272 g/mol. The molecule has 0 bridgehead atoms. The zero-order chi connectivity index (χ0) is 12.0. The summed E-state index contributed by atoms with van der Waals surface area (Å²) >= 11 is 3.23. The van der Waals surface area contributed by atoms with Crippen molar-refractivity contribution in [3.8, 4) is 17.6 Å². The molecule has 0 saturated heterocycles. The summed E-state index contributed by atoms with van der Waals surface area (Å²) in [4.78, 5) is 22.0. The van der Waals surface area contributed by atoms with E-state index in [0.717, 1.165) is 4.47 Å². The van der Waals surface area contributed by atoms with E-state index in [4.69, 9.17) is 4.74 Å². The first kappa shape index (κ1) is 12.5. The van der Waals surface area contributed by atoms with Crippen LogP contribution in [0.5, 0.6) is 5.75 Å². The smallest absolute Gasteiger partial charge is 0.323 e. The second kappa shape index (κ2) is 6.09. The van der Waals surface area contributed by atoms with Gasteiger partial charge in [-0.1, -0.05) is 21.9 Å². The lowest BCUT2D eigenvalue weighted by atomic mass is 10.2. The third kappa shape index (κ3) is 3.52. The third-order valence-electron chi connectivity index (χ3n) is 1.74. The van der Waals surface area contributed by atoms with Gasteiger partial charge in [0.15, 0.2) is 6.29 Å². The van der Waals surface area contributed by atoms with Gasteiger partial charge in [-0.2, -0.15) is 0 Å². The van der Waals surface area contributed by atoms with Crippen molar-refractivity contribution in [2.24, 2.45) is 0 Å². The highest BCUT2D eigenvalue weighted by molar-refractivity contribution is 9.10. The molecule has 0 aromatic heterocycles. The lowest BCUT2D eigenvalue weighted by Gasteiger charge is -2.05. The normalized spacial score (nSPS) is 8.88. The van der Waals surface area contributed by atoms with Gasteiger partial charge in [0, 0.05) is 4.47 Å². The maximum Gasteiger partial charge on any atom is 0.323 e. The predicted octanol–water partition coefficient (Wildman–Crippen LogP) is 2.58. The number of aldehydes is 1. The SMILES string of the molecule is CC#CCC(=O)Oc1cc(Br)ccc1C=O. The molecular formula is C12H9BrO3. The van der Waals surface area contributed by atoms with Crippen LogP contribution in [0.1, 0.15) is 23.7 Å². The van der Waals surface area contributed by atoms with Crippen molar-refractivity contribution >= 4 is 28.2 Å². The monoisotopic (exact) mass is 280 g/mol. The number of hydrogen-bond donors (Lipinski definition) is 0. The van der Waals surface area contributed by atoms with Gasteiger partial charge in [-0.3, -0.25) is 9.59 Å². The van der Waals surface area contributed by atoms with Crippen molar-refractivity contribution < 1.29 is 14.3 Å². The molecule has 0 aliphatic rings. The molecule has 82 valence electrons. The van der Waals surface area contributed by atoms with Gasteiger partial charge < -0.3 is 4.74 Å². The quantitative estimate of drug-likeness (QED) is 0.370. The summed E-state index contributed by atoms with van der Waals surface area (Å²) in [5.74, 6) is 4.96. The van der Waals surface area contributed by atoms with Gasteiger partial charge in [-0.25, -0.2) is 0 Å². The molecule has 0 aliphatic carbocycles. The number of carbonyl (C=O) groups excluding carboxylic acids is 2. The first-order valence-electron chi connectivity index (χ1n) is 4.52. The van der Waals surface area contributed by atoms with Crippen LogP contribution in [-0.4, -0.2) is 12.3 Å². The Bertz CT molecular complexity index is 469. The number of benzene rings is 1. The van der Waals surface area contributed by atoms with E-state index in [0.29, 0.717) is 11.8 Å². The lowest BCUT2D eigenvalue weighted by molar-refractivity contribution is -0.133. The van der Waals surface area contributed by atoms with E-state index >= 15 is 0 Å². The molecule has 0 atom stereocenters. The van der Waals surface area contributed by atoms with Crippen molar-refractivity contribution in [3.05, 3.63) is 28.2 Å². The highest BCUT2D eigenvalue weighted by Gasteiger charge is 2.08. The van der Waals surface area contributed by atoms with E-state index in [2.05, 4.69) is 27.8 Å². The maximum atomic E-state index is 11.3. The summed E-state index contributed by atoms with van der Waals surface area (Å²) < 4.78 is 5.76. The number of hydrogen-bond acceptors (Lipinski definition) is 3. The predicted molar refractivity (Wildman–Crippen MR) is 63.2 cm³/mol. The number of ether oxygens (including phenoxy) is 1. The molecule has 0 fully saturated rings. The fraction of sp³-hybridized carbons (Fsp3) is 0.167. The number of carbonyl (C=O) groups is 2. The van der Waals surface area contributed by atoms with E-state index in [1.54, 1.807) is 25.1 Å². The molecule has 0 heterocycles. The van der Waals surface area contributed by atoms with Gasteiger partial charge in [0.1, 0.15) is 12.2 Å². The van der Waals surface area contributed by atoms with E-state index in [1.165, 1.54) is 0 Å². The molecule has 0 spiro atoms. The molecule has 1 rings (SSSR count). The van der Waals surface area contributed by atoms with Crippen molar-refractivity contribution in [2.75, 3.05) is 0 Å². The topological polar surface area (TPSA) is 43.4 Å². The minimum Gasteiger partial charge on any atom is -0.425 e. The molecule has 4 heteroatoms. The summed E-state index contributed by atoms with van der Waals surface area (Å²) in [6, 6.07) is 4.85. The van der Waals surface area contributed by atoms with Crippen LogP contribution >= 0.6 is 15.9 Å². The van der Waals surface area contributed by atoms with Crippen LogP contribution in [0, 0.1) is 11.8 Å². The number of halogens is 1. The Morgan fingerprint density at radius 3 is 2.94 bits per heavy atom. The van der Waals surface area contributed by atoms with Gasteiger partial charge in [0.2, 0.25) is 0 Å². The van der Waals surface area contributed by atoms with Crippen LogP contribution in [0.25, 0.3) is 0 Å². The van der Waals surface area contributed by atoms with E-state index in [1.807, 2.05) is 0 Å². The number of esters is 1. The highest BCUT2D eigenvalue weighted by Crippen LogP contribution is 2.22. The average molecular weight is 281 g/mol. The fourth-order valence-corrected chi connectivity index (χ4v) is 1.35. The highest BCUT2D eigenvalue weighted by atomic mass is 79.9. The average Bonchev–Trinajstić information content (AvgIpc) is 2.27. The molecule has 1 aromatic carbocycles. The van der Waals surface area contributed by atoms with Gasteiger partial charge in [-0.05, 0) is 25.1 Å². The van der Waals surface area contributed by atoms with Crippen LogP contribution < -0.4 is 4.74 Å². The Labute approximate surface area is 102 Å². The molecule has 3 nitrogen and oxygen atoms in total. The minimum absolute atomic E-state index is 0.0152. The maximum absolute atomic E-state index is 11.3. The van der Waals surface area contributed by atoms with E-state index in [-0.39, 0.29) is 12.2 Å². The molecule has 0 amide bonds. The lowest BCUT2D eigenvalue weighted by Crippen LogP contribution is -2.08. The van der Waals surface area contributed by atoms with Gasteiger partial charge in [0.25, 0.3) is 0 Å². The third-order valence-corrected chi connectivity index (χ3v) is 2.23. The minimum atomic E-state index is -0.476. The molecule has 0 unspecified atom stereocenters. The standard InChI is InChI=1S/C12H9BrO3/c1-2-3-4-12(15)16-11-7-10(13)6-5-9(11)8-14/h5-8H,4H2,1H3. The summed E-state index contributed by atoms with van der Waals surface area (Å²) in [5, 5.41) is 0. The Hall–Kier alpha value is -1.60. The summed E-state index contributed by atoms with van der Waals surface area (Å²) in [6.07, 6.45) is 0.655. The second-order valence-electron chi connectivity index (χ2n) is 2.88. The van der Waals surface area contributed by atoms with Gasteiger partial charge in [0.05, 0.1) is 5.56 Å². The second-order valence-corrected chi connectivity index (χ2v) is 3.79. The van der Waals surface area contributed by atoms with Crippen molar-refractivity contribution in [1.29, 1.82) is 0 Å². The molecule has 0 aliphatic heterocycles. The summed E-state index contributed by atoms with van der Waals surface area (Å²) in [6.45, 7) is 1.64. The van der Waals surface area contributed by atoms with Gasteiger partial charge in [-0.15, -0.1) is 5.92 Å². The van der Waals surface area contributed by atoms with E-state index < -0.39 is 5.97 Å². The number of rotatable bonds is 3. The first-order chi connectivity index (χ1) is 7.67. The fourth-order valence-electron chi connectivity index (χ4n) is 1.01. The summed E-state index contributed by atoms with van der Waals surface area (Å²) in [7, 11) is 0. The Balaban J connectivity index is 2.85. The Morgan fingerprint density at radius 2 is 2.31 bits per heavy atom. The Morgan fingerprint density at radius 1 is 1.56 bits per heavy atom. The molecule has 0 radical (unpaired) electrons. The molecule has 0 saturated carbocycles. The van der Waals surface area contributed by atoms with Crippen LogP contribution in [0.4, 0.5) is 0 Å². The first-order valence-corrected chi connectivity index (χ1v) is 5.31. The van der Waals surface area contributed by atoms with Crippen LogP contribution in [-0.2, 0) is 4.79 Å².